The molecule has 0 saturated heterocycles. The van der Waals surface area contributed by atoms with Crippen LogP contribution in [0.4, 0.5) is 0 Å². The van der Waals surface area contributed by atoms with Crippen molar-refractivity contribution in [2.24, 2.45) is 0 Å². The number of nitrogens with zero attached hydrogens (tertiary/aromatic N) is 1. The van der Waals surface area contributed by atoms with Crippen LogP contribution in [0.2, 0.25) is 0 Å². The minimum atomic E-state index is -0.455. The highest BCUT2D eigenvalue weighted by Crippen LogP contribution is 2.28. The summed E-state index contributed by atoms with van der Waals surface area (Å²) in [6.45, 7) is 8.57. The van der Waals surface area contributed by atoms with E-state index in [0.717, 1.165) is 6.54 Å². The number of nitrogens with one attached hydrogen (secondary N) is 1. The number of aromatic nitrogens is 1. The van der Waals surface area contributed by atoms with Gasteiger partial charge in [-0.15, -0.1) is 0 Å². The van der Waals surface area contributed by atoms with Gasteiger partial charge >= 0.3 is 0 Å². The van der Waals surface area contributed by atoms with Gasteiger partial charge in [-0.05, 0) is 28.7 Å². The summed E-state index contributed by atoms with van der Waals surface area (Å²) in [5.74, 6) is 0. The molecule has 0 fully saturated rings. The first-order valence-electron chi connectivity index (χ1n) is 10.4. The Balaban J connectivity index is 1.42. The minimum Gasteiger partial charge on any atom is -0.390 e. The molecule has 0 aliphatic carbocycles. The van der Waals surface area contributed by atoms with Gasteiger partial charge in [0.1, 0.15) is 0 Å². The van der Waals surface area contributed by atoms with Gasteiger partial charge in [0, 0.05) is 34.9 Å². The molecule has 2 N–H and O–H groups in total. The Labute approximate surface area is 173 Å². The fourth-order valence-electron chi connectivity index (χ4n) is 3.98. The van der Waals surface area contributed by atoms with E-state index in [9.17, 15) is 5.11 Å². The van der Waals surface area contributed by atoms with E-state index >= 15 is 0 Å². The summed E-state index contributed by atoms with van der Waals surface area (Å²) < 4.78 is 2.23. The van der Waals surface area contributed by atoms with Crippen LogP contribution in [0.3, 0.4) is 0 Å². The van der Waals surface area contributed by atoms with Crippen molar-refractivity contribution in [3.63, 3.8) is 0 Å². The number of para-hydroxylation sites is 2. The Kier molecular flexibility index (Phi) is 5.44. The maximum absolute atomic E-state index is 10.7. The maximum atomic E-state index is 10.7. The molecule has 0 saturated carbocycles. The predicted molar refractivity (Wildman–Crippen MR) is 122 cm³/mol. The molecule has 3 nitrogen and oxygen atoms in total. The second-order valence-electron chi connectivity index (χ2n) is 8.88. The molecule has 0 aliphatic heterocycles. The van der Waals surface area contributed by atoms with Crippen molar-refractivity contribution >= 4 is 21.8 Å². The lowest BCUT2D eigenvalue weighted by molar-refractivity contribution is 0.154. The van der Waals surface area contributed by atoms with Gasteiger partial charge in [-0.3, -0.25) is 0 Å². The van der Waals surface area contributed by atoms with Crippen LogP contribution < -0.4 is 5.32 Å². The summed E-state index contributed by atoms with van der Waals surface area (Å²) in [7, 11) is 0. The molecule has 1 aromatic heterocycles. The van der Waals surface area contributed by atoms with Crippen LogP contribution in [-0.4, -0.2) is 22.3 Å². The average molecular weight is 387 g/mol. The fraction of sp³-hybridized carbons (Fsp3) is 0.308. The Hall–Kier alpha value is -2.62. The summed E-state index contributed by atoms with van der Waals surface area (Å²) in [5.41, 5.74) is 5.09. The second kappa shape index (κ2) is 8.02. The maximum Gasteiger partial charge on any atom is 0.0843 e. The van der Waals surface area contributed by atoms with Gasteiger partial charge in [0.05, 0.1) is 12.6 Å². The van der Waals surface area contributed by atoms with E-state index in [1.807, 2.05) is 0 Å². The van der Waals surface area contributed by atoms with E-state index in [0.29, 0.717) is 13.1 Å². The van der Waals surface area contributed by atoms with Crippen LogP contribution in [0.1, 0.15) is 31.9 Å². The van der Waals surface area contributed by atoms with Crippen molar-refractivity contribution in [1.29, 1.82) is 0 Å². The first kappa shape index (κ1) is 19.7. The third-order valence-electron chi connectivity index (χ3n) is 5.60. The zero-order chi connectivity index (χ0) is 20.4. The molecule has 0 radical (unpaired) electrons. The third kappa shape index (κ3) is 4.21. The van der Waals surface area contributed by atoms with Crippen molar-refractivity contribution in [2.75, 3.05) is 6.54 Å². The summed E-state index contributed by atoms with van der Waals surface area (Å²) in [5, 5.41) is 16.6. The van der Waals surface area contributed by atoms with E-state index in [4.69, 9.17) is 0 Å². The van der Waals surface area contributed by atoms with Gasteiger partial charge in [0.25, 0.3) is 0 Å². The van der Waals surface area contributed by atoms with Crippen molar-refractivity contribution in [2.45, 2.75) is 45.4 Å². The van der Waals surface area contributed by atoms with Crippen LogP contribution in [0.25, 0.3) is 21.8 Å². The molecule has 0 bridgehead atoms. The SMILES string of the molecule is CC(C)(C)c1ccc(CNCC(O)Cn2c3ccccc3c3ccccc32)cc1. The lowest BCUT2D eigenvalue weighted by Gasteiger charge is -2.19. The van der Waals surface area contributed by atoms with Gasteiger partial charge in [0.15, 0.2) is 0 Å². The number of benzene rings is 3. The molecule has 1 heterocycles. The number of aliphatic hydroxyl groups excluding tert-OH is 1. The Morgan fingerprint density at radius 2 is 1.38 bits per heavy atom. The fourth-order valence-corrected chi connectivity index (χ4v) is 3.98. The topological polar surface area (TPSA) is 37.2 Å². The zero-order valence-electron chi connectivity index (χ0n) is 17.5. The van der Waals surface area contributed by atoms with Gasteiger partial charge in [-0.25, -0.2) is 0 Å². The van der Waals surface area contributed by atoms with E-state index in [1.165, 1.54) is 32.9 Å². The highest BCUT2D eigenvalue weighted by Gasteiger charge is 2.14. The largest absolute Gasteiger partial charge is 0.390 e. The number of rotatable bonds is 6. The zero-order valence-corrected chi connectivity index (χ0v) is 17.5. The summed E-state index contributed by atoms with van der Waals surface area (Å²) >= 11 is 0. The third-order valence-corrected chi connectivity index (χ3v) is 5.60. The van der Waals surface area contributed by atoms with Crippen LogP contribution in [0, 0.1) is 0 Å². The monoisotopic (exact) mass is 386 g/mol. The smallest absolute Gasteiger partial charge is 0.0843 e. The Morgan fingerprint density at radius 1 is 0.828 bits per heavy atom. The van der Waals surface area contributed by atoms with E-state index in [-0.39, 0.29) is 5.41 Å². The first-order valence-corrected chi connectivity index (χ1v) is 10.4. The molecule has 3 aromatic carbocycles. The summed E-state index contributed by atoms with van der Waals surface area (Å²) in [6.07, 6.45) is -0.455. The van der Waals surface area contributed by atoms with Gasteiger partial charge in [0.2, 0.25) is 0 Å². The van der Waals surface area contributed by atoms with Crippen LogP contribution in [0.5, 0.6) is 0 Å². The molecule has 0 spiro atoms. The average Bonchev–Trinajstić information content (AvgIpc) is 3.02. The number of fused-ring (bicyclic) bond motifs is 3. The molecule has 3 heteroatoms. The molecular weight excluding hydrogens is 356 g/mol. The van der Waals surface area contributed by atoms with Gasteiger partial charge in [-0.2, -0.15) is 0 Å². The quantitative estimate of drug-likeness (QED) is 0.475. The first-order chi connectivity index (χ1) is 13.9. The van der Waals surface area contributed by atoms with Crippen molar-refractivity contribution in [3.05, 3.63) is 83.9 Å². The normalized spacial score (nSPS) is 13.2. The molecule has 1 unspecified atom stereocenters. The molecule has 1 atom stereocenters. The molecular formula is C26H30N2O. The highest BCUT2D eigenvalue weighted by atomic mass is 16.3. The van der Waals surface area contributed by atoms with E-state index in [1.54, 1.807) is 0 Å². The standard InChI is InChI=1S/C26H30N2O/c1-26(2,3)20-14-12-19(13-15-20)16-27-17-21(29)18-28-24-10-6-4-8-22(24)23-9-5-7-11-25(23)28/h4-15,21,27,29H,16-18H2,1-3H3. The molecule has 29 heavy (non-hydrogen) atoms. The van der Waals surface area contributed by atoms with Crippen molar-refractivity contribution in [1.82, 2.24) is 9.88 Å². The number of aliphatic hydroxyl groups is 1. The molecule has 0 aliphatic rings. The molecule has 4 aromatic rings. The van der Waals surface area contributed by atoms with Gasteiger partial charge < -0.3 is 15.0 Å². The molecule has 150 valence electrons. The van der Waals surface area contributed by atoms with E-state index in [2.05, 4.69) is 103 Å². The number of hydrogen-bond acceptors (Lipinski definition) is 2. The summed E-state index contributed by atoms with van der Waals surface area (Å²) in [6, 6.07) is 25.6. The number of hydrogen-bond donors (Lipinski definition) is 2. The molecule has 4 rings (SSSR count). The lowest BCUT2D eigenvalue weighted by Crippen LogP contribution is -2.30. The predicted octanol–water partition coefficient (Wildman–Crippen LogP) is 5.24. The van der Waals surface area contributed by atoms with Crippen LogP contribution in [0.15, 0.2) is 72.8 Å². The van der Waals surface area contributed by atoms with Gasteiger partial charge in [-0.1, -0.05) is 81.4 Å². The van der Waals surface area contributed by atoms with E-state index < -0.39 is 6.10 Å². The Bertz CT molecular complexity index is 1050. The summed E-state index contributed by atoms with van der Waals surface area (Å²) in [4.78, 5) is 0. The van der Waals surface area contributed by atoms with Crippen molar-refractivity contribution < 1.29 is 5.11 Å². The van der Waals surface area contributed by atoms with Crippen LogP contribution in [-0.2, 0) is 18.5 Å². The molecule has 0 amide bonds. The lowest BCUT2D eigenvalue weighted by atomic mass is 9.87. The van der Waals surface area contributed by atoms with Crippen LogP contribution >= 0.6 is 0 Å². The second-order valence-corrected chi connectivity index (χ2v) is 8.88. The van der Waals surface area contributed by atoms with Crippen molar-refractivity contribution in [3.8, 4) is 0 Å². The minimum absolute atomic E-state index is 0.171. The Morgan fingerprint density at radius 3 is 1.93 bits per heavy atom. The highest BCUT2D eigenvalue weighted by molar-refractivity contribution is 6.07.